The molecule has 3 aliphatic rings. The standard InChI is InChI=1S/C21H22N2O7.ClH/c1-23(2)15-10-7-9-6-8-4-3-5-11(24)12(8)16(25)13(9)18(27)21(10,30)19(28)14(17(15)26)20(22)29;/h3-5,9-10,15,24-25,28,30H,6-7H2,1-2H3,(H2,22,29);1H/t9-,10-,15-,21-;/m0./s1/i1+1D3;. The van der Waals surface area contributed by atoms with E-state index in [0.29, 0.717) is 10.5 Å². The van der Waals surface area contributed by atoms with Crippen LogP contribution in [0.25, 0.3) is 5.76 Å². The van der Waals surface area contributed by atoms with Gasteiger partial charge in [-0.25, -0.2) is 0 Å². The van der Waals surface area contributed by atoms with Crippen molar-refractivity contribution in [1.29, 1.82) is 0 Å². The number of nitrogens with two attached hydrogens (primary N) is 1. The third kappa shape index (κ3) is 2.88. The number of rotatable bonds is 2. The number of hydrogen-bond donors (Lipinski definition) is 5. The van der Waals surface area contributed by atoms with Crippen molar-refractivity contribution in [2.45, 2.75) is 24.5 Å². The van der Waals surface area contributed by atoms with Crippen LogP contribution in [0.1, 0.15) is 21.7 Å². The van der Waals surface area contributed by atoms with Crippen molar-refractivity contribution >= 4 is 35.6 Å². The summed E-state index contributed by atoms with van der Waals surface area (Å²) in [6, 6.07) is 2.81. The summed E-state index contributed by atoms with van der Waals surface area (Å²) in [4.78, 5) is 39.3. The highest BCUT2D eigenvalue weighted by molar-refractivity contribution is 6.24. The largest absolute Gasteiger partial charge is 0.508 e. The summed E-state index contributed by atoms with van der Waals surface area (Å²) in [6.45, 7) is -2.84. The number of phenolic OH excluding ortho intramolecular Hbond substituents is 1. The maximum atomic E-state index is 13.6. The van der Waals surface area contributed by atoms with Gasteiger partial charge in [0.1, 0.15) is 22.8 Å². The molecule has 1 fully saturated rings. The Bertz CT molecular complexity index is 1180. The van der Waals surface area contributed by atoms with Gasteiger partial charge in [0.25, 0.3) is 5.91 Å². The van der Waals surface area contributed by atoms with E-state index in [1.807, 2.05) is 0 Å². The maximum Gasteiger partial charge on any atom is 0.255 e. The number of benzene rings is 1. The second-order valence-electron chi connectivity index (χ2n) is 7.92. The molecule has 0 saturated heterocycles. The van der Waals surface area contributed by atoms with Gasteiger partial charge in [0.05, 0.1) is 11.6 Å². The van der Waals surface area contributed by atoms with Gasteiger partial charge in [-0.15, -0.1) is 12.4 Å². The normalized spacial score (nSPS) is 31.7. The van der Waals surface area contributed by atoms with Crippen molar-refractivity contribution in [3.63, 3.8) is 0 Å². The molecule has 0 radical (unpaired) electrons. The first kappa shape index (κ1) is 18.9. The summed E-state index contributed by atoms with van der Waals surface area (Å²) in [5.74, 6) is -8.11. The van der Waals surface area contributed by atoms with Gasteiger partial charge in [0.2, 0.25) is 5.78 Å². The molecular formula is C21H23ClN2O7. The highest BCUT2D eigenvalue weighted by Gasteiger charge is 2.64. The Morgan fingerprint density at radius 3 is 2.58 bits per heavy atom. The van der Waals surface area contributed by atoms with Gasteiger partial charge in [0, 0.05) is 15.6 Å². The summed E-state index contributed by atoms with van der Waals surface area (Å²) in [7, 11) is 1.08. The smallest absolute Gasteiger partial charge is 0.255 e. The zero-order valence-corrected chi connectivity index (χ0v) is 17.1. The summed E-state index contributed by atoms with van der Waals surface area (Å²) in [5, 5.41) is 43.3. The van der Waals surface area contributed by atoms with Gasteiger partial charge in [-0.1, -0.05) is 12.1 Å². The summed E-state index contributed by atoms with van der Waals surface area (Å²) < 4.78 is 23.1. The average Bonchev–Trinajstić information content (AvgIpc) is 2.69. The predicted molar refractivity (Wildman–Crippen MR) is 111 cm³/mol. The molecule has 1 amide bonds. The van der Waals surface area contributed by atoms with Crippen molar-refractivity contribution in [2.24, 2.45) is 17.6 Å². The molecule has 4 rings (SSSR count). The summed E-state index contributed by atoms with van der Waals surface area (Å²) >= 11 is 0. The fraction of sp³-hybridized carbons (Fsp3) is 0.381. The third-order valence-electron chi connectivity index (χ3n) is 6.32. The van der Waals surface area contributed by atoms with E-state index in [0.717, 1.165) is 7.05 Å². The second kappa shape index (κ2) is 7.37. The predicted octanol–water partition coefficient (Wildman–Crippen LogP) is 0.386. The topological polar surface area (TPSA) is 161 Å². The van der Waals surface area contributed by atoms with Gasteiger partial charge < -0.3 is 26.2 Å². The van der Waals surface area contributed by atoms with Crippen LogP contribution < -0.4 is 5.73 Å². The van der Waals surface area contributed by atoms with E-state index in [-0.39, 0.29) is 42.1 Å². The summed E-state index contributed by atoms with van der Waals surface area (Å²) in [6.07, 6.45) is -0.0311. The Morgan fingerprint density at radius 1 is 1.29 bits per heavy atom. The Balaban J connectivity index is 0.00000324. The lowest BCUT2D eigenvalue weighted by molar-refractivity contribution is -0.153. The fourth-order valence-electron chi connectivity index (χ4n) is 5.03. The first-order valence-corrected chi connectivity index (χ1v) is 9.25. The number of aromatic hydroxyl groups is 1. The molecule has 0 spiro atoms. The molecule has 31 heavy (non-hydrogen) atoms. The molecule has 9 nitrogen and oxygen atoms in total. The number of hydrogen-bond acceptors (Lipinski definition) is 8. The Morgan fingerprint density at radius 2 is 1.97 bits per heavy atom. The van der Waals surface area contributed by atoms with E-state index in [2.05, 4.69) is 0 Å². The van der Waals surface area contributed by atoms with Crippen LogP contribution in [0.5, 0.6) is 5.75 Å². The number of nitrogens with zero attached hydrogens (tertiary/aromatic N) is 1. The minimum absolute atomic E-state index is 0. The van der Waals surface area contributed by atoms with Crippen LogP contribution in [0.4, 0.5) is 0 Å². The molecule has 1 aromatic rings. The highest BCUT2D eigenvalue weighted by atomic mass is 35.5. The van der Waals surface area contributed by atoms with E-state index >= 15 is 0 Å². The van der Waals surface area contributed by atoms with Gasteiger partial charge in [-0.05, 0) is 44.4 Å². The van der Waals surface area contributed by atoms with E-state index in [1.165, 1.54) is 6.07 Å². The minimum atomic E-state index is -2.88. The lowest BCUT2D eigenvalue weighted by atomic mass is 9.57. The molecule has 0 bridgehead atoms. The van der Waals surface area contributed by atoms with E-state index in [4.69, 9.17) is 9.85 Å². The SMILES string of the molecule is Cl.[2H][13C]([2H])([2H])N(C)[C@@H]1C(=O)C(C(N)=O)=C(O)[C@@]2(O)C(=O)C3=C(O)c4c(O)cccc4C[C@H]3C[C@@H]12. The third-order valence-corrected chi connectivity index (χ3v) is 6.32. The van der Waals surface area contributed by atoms with Crippen LogP contribution >= 0.6 is 12.4 Å². The quantitative estimate of drug-likeness (QED) is 0.316. The molecule has 1 saturated carbocycles. The van der Waals surface area contributed by atoms with Gasteiger partial charge >= 0.3 is 0 Å². The van der Waals surface area contributed by atoms with E-state index in [1.54, 1.807) is 12.1 Å². The number of ketones is 2. The van der Waals surface area contributed by atoms with Crippen LogP contribution in [0.2, 0.25) is 0 Å². The second-order valence-corrected chi connectivity index (χ2v) is 7.92. The molecule has 6 N–H and O–H groups in total. The van der Waals surface area contributed by atoms with Crippen LogP contribution in [-0.2, 0) is 20.8 Å². The number of amides is 1. The van der Waals surface area contributed by atoms with Gasteiger partial charge in [-0.3, -0.25) is 19.3 Å². The minimum Gasteiger partial charge on any atom is -0.508 e. The number of likely N-dealkylation sites (N-methyl/N-ethyl adjacent to an activating group) is 1. The van der Waals surface area contributed by atoms with E-state index in [9.17, 15) is 34.8 Å². The average molecular weight is 455 g/mol. The number of aliphatic hydroxyl groups excluding tert-OH is 2. The fourth-order valence-corrected chi connectivity index (χ4v) is 5.03. The Labute approximate surface area is 188 Å². The molecule has 4 atom stereocenters. The van der Waals surface area contributed by atoms with Gasteiger partial charge in [0.15, 0.2) is 11.4 Å². The van der Waals surface area contributed by atoms with Crippen molar-refractivity contribution in [3.05, 3.63) is 46.2 Å². The van der Waals surface area contributed by atoms with Crippen LogP contribution in [0.3, 0.4) is 0 Å². The molecular weight excluding hydrogens is 429 g/mol. The lowest BCUT2D eigenvalue weighted by Crippen LogP contribution is -2.65. The van der Waals surface area contributed by atoms with Gasteiger partial charge in [-0.2, -0.15) is 0 Å². The number of carbonyl (C=O) groups excluding carboxylic acids is 3. The molecule has 166 valence electrons. The number of Topliss-reactive ketones (excluding diaryl/α,β-unsaturated/α-hetero) is 2. The lowest BCUT2D eigenvalue weighted by Gasteiger charge is -2.50. The highest BCUT2D eigenvalue weighted by Crippen LogP contribution is 2.52. The van der Waals surface area contributed by atoms with Crippen LogP contribution in [-0.4, -0.2) is 68.5 Å². The molecule has 0 aromatic heterocycles. The molecule has 1 aromatic carbocycles. The van der Waals surface area contributed by atoms with Crippen LogP contribution in [0.15, 0.2) is 35.1 Å². The molecule has 3 aliphatic carbocycles. The zero-order chi connectivity index (χ0) is 24.6. The molecule has 10 heteroatoms. The van der Waals surface area contributed by atoms with Crippen molar-refractivity contribution in [2.75, 3.05) is 14.0 Å². The molecule has 0 heterocycles. The van der Waals surface area contributed by atoms with Crippen molar-refractivity contribution < 1.29 is 38.9 Å². The number of carbonyl (C=O) groups is 3. The summed E-state index contributed by atoms with van der Waals surface area (Å²) in [5.41, 5.74) is 1.51. The number of fused-ring (bicyclic) bond motifs is 3. The zero-order valence-electron chi connectivity index (χ0n) is 19.3. The maximum absolute atomic E-state index is 13.6. The van der Waals surface area contributed by atoms with Crippen molar-refractivity contribution in [3.8, 4) is 5.75 Å². The number of aliphatic hydroxyl groups is 3. The molecule has 0 unspecified atom stereocenters. The first-order chi connectivity index (χ1) is 15.2. The Kier molecular flexibility index (Phi) is 4.48. The van der Waals surface area contributed by atoms with Crippen molar-refractivity contribution in [1.82, 2.24) is 4.90 Å². The number of primary amides is 1. The monoisotopic (exact) mass is 454 g/mol. The Hall–Kier alpha value is -2.88. The first-order valence-electron chi connectivity index (χ1n) is 10.7. The van der Waals surface area contributed by atoms with E-state index < -0.39 is 65.0 Å². The number of halogens is 1. The van der Waals surface area contributed by atoms with Crippen LogP contribution in [0, 0.1) is 11.8 Å². The molecule has 0 aliphatic heterocycles. The number of phenols is 1.